The molecule has 1 amide bonds. The lowest BCUT2D eigenvalue weighted by atomic mass is 9.76. The maximum atomic E-state index is 12.4. The van der Waals surface area contributed by atoms with E-state index in [1.807, 2.05) is 19.1 Å². The van der Waals surface area contributed by atoms with E-state index in [0.29, 0.717) is 17.6 Å². The molecule has 2 N–H and O–H groups in total. The number of carbonyl (C=O) groups is 1. The third kappa shape index (κ3) is 5.81. The fourth-order valence-corrected chi connectivity index (χ4v) is 6.37. The monoisotopic (exact) mass is 525 g/mol. The van der Waals surface area contributed by atoms with Gasteiger partial charge >= 0.3 is 0 Å². The van der Waals surface area contributed by atoms with Crippen molar-refractivity contribution in [2.45, 2.75) is 44.9 Å². The molecule has 5 nitrogen and oxygen atoms in total. The minimum Gasteiger partial charge on any atom is -0.497 e. The fourth-order valence-electron chi connectivity index (χ4n) is 5.62. The van der Waals surface area contributed by atoms with Crippen LogP contribution in [-0.2, 0) is 10.5 Å². The number of fused-ring (bicyclic) bond motifs is 3. The van der Waals surface area contributed by atoms with E-state index in [1.54, 1.807) is 18.9 Å². The lowest BCUT2D eigenvalue weighted by molar-refractivity contribution is -0.118. The van der Waals surface area contributed by atoms with E-state index in [2.05, 4.69) is 90.4 Å². The normalized spacial score (nSPS) is 19.9. The van der Waals surface area contributed by atoms with E-state index in [9.17, 15) is 4.79 Å². The molecule has 3 atom stereocenters. The van der Waals surface area contributed by atoms with Crippen LogP contribution in [0.3, 0.4) is 0 Å². The summed E-state index contributed by atoms with van der Waals surface area (Å²) in [6.07, 6.45) is 5.68. The summed E-state index contributed by atoms with van der Waals surface area (Å²) in [7, 11) is 1.70. The Balaban J connectivity index is 1.23. The van der Waals surface area contributed by atoms with Gasteiger partial charge in [-0.3, -0.25) is 4.79 Å². The van der Waals surface area contributed by atoms with Crippen LogP contribution in [0.5, 0.6) is 5.75 Å². The van der Waals surface area contributed by atoms with Crippen LogP contribution in [0.1, 0.15) is 58.7 Å². The molecule has 0 radical (unpaired) electrons. The predicted molar refractivity (Wildman–Crippen MR) is 158 cm³/mol. The maximum Gasteiger partial charge on any atom is 0.250 e. The van der Waals surface area contributed by atoms with E-state index < -0.39 is 0 Å². The molecule has 1 aliphatic carbocycles. The third-order valence-electron chi connectivity index (χ3n) is 7.39. The Bertz CT molecular complexity index is 1360. The highest BCUT2D eigenvalue weighted by Crippen LogP contribution is 2.50. The topological polar surface area (TPSA) is 62.7 Å². The molecule has 1 aliphatic heterocycles. The van der Waals surface area contributed by atoms with Crippen molar-refractivity contribution in [2.75, 3.05) is 18.2 Å². The Kier molecular flexibility index (Phi) is 7.89. The molecule has 0 saturated heterocycles. The van der Waals surface area contributed by atoms with Crippen molar-refractivity contribution in [1.82, 2.24) is 5.43 Å². The van der Waals surface area contributed by atoms with E-state index in [-0.39, 0.29) is 11.9 Å². The summed E-state index contributed by atoms with van der Waals surface area (Å²) < 4.78 is 5.34. The molecule has 0 unspecified atom stereocenters. The highest BCUT2D eigenvalue weighted by atomic mass is 32.2. The van der Waals surface area contributed by atoms with Crippen molar-refractivity contribution in [3.8, 4) is 5.75 Å². The van der Waals surface area contributed by atoms with Gasteiger partial charge in [0.2, 0.25) is 5.91 Å². The van der Waals surface area contributed by atoms with Gasteiger partial charge in [-0.2, -0.15) is 5.10 Å². The first-order chi connectivity index (χ1) is 18.4. The SMILES string of the molecule is COc1ccc([C@@H]2Nc3ccc(/C(C)=N\NC(=O)CSCc4cc(C)cc(C)c4)cc3[C@@H]3C=CC[C@@H]32)cc1. The molecule has 0 aromatic heterocycles. The Morgan fingerprint density at radius 3 is 2.58 bits per heavy atom. The van der Waals surface area contributed by atoms with Gasteiger partial charge in [-0.25, -0.2) is 5.43 Å². The van der Waals surface area contributed by atoms with Crippen LogP contribution in [0.25, 0.3) is 0 Å². The Hall–Kier alpha value is -3.51. The summed E-state index contributed by atoms with van der Waals surface area (Å²) in [5.41, 5.74) is 12.0. The first-order valence-electron chi connectivity index (χ1n) is 13.1. The van der Waals surface area contributed by atoms with Gasteiger partial charge in [-0.05, 0) is 79.6 Å². The highest BCUT2D eigenvalue weighted by molar-refractivity contribution is 7.99. The number of nitrogens with one attached hydrogen (secondary N) is 2. The number of allylic oxidation sites excluding steroid dienone is 2. The third-order valence-corrected chi connectivity index (χ3v) is 8.39. The molecular weight excluding hydrogens is 490 g/mol. The first-order valence-corrected chi connectivity index (χ1v) is 14.3. The lowest BCUT2D eigenvalue weighted by Gasteiger charge is -2.37. The number of rotatable bonds is 8. The van der Waals surface area contributed by atoms with E-state index in [1.165, 1.54) is 27.8 Å². The van der Waals surface area contributed by atoms with E-state index in [0.717, 1.165) is 34.9 Å². The zero-order valence-electron chi connectivity index (χ0n) is 22.5. The number of hydrogen-bond donors (Lipinski definition) is 2. The van der Waals surface area contributed by atoms with Gasteiger partial charge in [0.25, 0.3) is 0 Å². The van der Waals surface area contributed by atoms with E-state index in [4.69, 9.17) is 4.74 Å². The van der Waals surface area contributed by atoms with Gasteiger partial charge in [-0.15, -0.1) is 11.8 Å². The van der Waals surface area contributed by atoms with Gasteiger partial charge in [0, 0.05) is 17.4 Å². The Morgan fingerprint density at radius 1 is 1.08 bits per heavy atom. The number of ether oxygens (including phenoxy) is 1. The van der Waals surface area contributed by atoms with Crippen LogP contribution in [0.4, 0.5) is 5.69 Å². The van der Waals surface area contributed by atoms with Crippen LogP contribution >= 0.6 is 11.8 Å². The van der Waals surface area contributed by atoms with Gasteiger partial charge in [0.05, 0.1) is 24.6 Å². The summed E-state index contributed by atoms with van der Waals surface area (Å²) in [5, 5.41) is 8.20. The second-order valence-electron chi connectivity index (χ2n) is 10.3. The summed E-state index contributed by atoms with van der Waals surface area (Å²) in [6, 6.07) is 21.6. The molecule has 0 bridgehead atoms. The van der Waals surface area contributed by atoms with Crippen molar-refractivity contribution in [1.29, 1.82) is 0 Å². The molecule has 0 saturated carbocycles. The zero-order chi connectivity index (χ0) is 26.6. The molecule has 3 aromatic rings. The number of hydrazone groups is 1. The van der Waals surface area contributed by atoms with Crippen molar-refractivity contribution in [3.05, 3.63) is 106 Å². The van der Waals surface area contributed by atoms with Crippen molar-refractivity contribution in [3.63, 3.8) is 0 Å². The highest BCUT2D eigenvalue weighted by Gasteiger charge is 2.38. The molecule has 0 spiro atoms. The van der Waals surface area contributed by atoms with Crippen LogP contribution in [0, 0.1) is 19.8 Å². The summed E-state index contributed by atoms with van der Waals surface area (Å²) in [4.78, 5) is 12.4. The fraction of sp³-hybridized carbons (Fsp3) is 0.312. The van der Waals surface area contributed by atoms with Gasteiger partial charge in [0.1, 0.15) is 5.75 Å². The Morgan fingerprint density at radius 2 is 1.84 bits per heavy atom. The van der Waals surface area contributed by atoms with Crippen LogP contribution in [-0.4, -0.2) is 24.5 Å². The molecule has 2 aliphatic rings. The van der Waals surface area contributed by atoms with E-state index >= 15 is 0 Å². The van der Waals surface area contributed by atoms with Gasteiger partial charge < -0.3 is 10.1 Å². The average Bonchev–Trinajstić information content (AvgIpc) is 3.41. The van der Waals surface area contributed by atoms with Crippen LogP contribution in [0.15, 0.2) is 77.9 Å². The predicted octanol–water partition coefficient (Wildman–Crippen LogP) is 6.91. The van der Waals surface area contributed by atoms with Crippen LogP contribution < -0.4 is 15.5 Å². The van der Waals surface area contributed by atoms with Crippen molar-refractivity contribution in [2.24, 2.45) is 11.0 Å². The molecule has 196 valence electrons. The van der Waals surface area contributed by atoms with Crippen molar-refractivity contribution >= 4 is 29.1 Å². The maximum absolute atomic E-state index is 12.4. The van der Waals surface area contributed by atoms with Gasteiger partial charge in [0.15, 0.2) is 0 Å². The van der Waals surface area contributed by atoms with Crippen molar-refractivity contribution < 1.29 is 9.53 Å². The summed E-state index contributed by atoms with van der Waals surface area (Å²) in [5.74, 6) is 2.78. The number of nitrogens with zero attached hydrogens (tertiary/aromatic N) is 1. The Labute approximate surface area is 229 Å². The number of hydrogen-bond acceptors (Lipinski definition) is 5. The molecular formula is C32H35N3O2S. The zero-order valence-corrected chi connectivity index (χ0v) is 23.3. The first kappa shape index (κ1) is 26.1. The number of benzene rings is 3. The minimum atomic E-state index is -0.0838. The lowest BCUT2D eigenvalue weighted by Crippen LogP contribution is -2.29. The minimum absolute atomic E-state index is 0.0838. The molecule has 5 rings (SSSR count). The smallest absolute Gasteiger partial charge is 0.250 e. The number of thioether (sulfide) groups is 1. The standard InChI is InChI=1S/C32H35N3O2S/c1-20-14-21(2)16-23(15-20)18-38-19-31(36)35-34-22(3)25-10-13-30-29(17-25)27-6-5-7-28(27)32(33-30)24-8-11-26(37-4)12-9-24/h5-6,8-17,27-28,32-33H,7,18-19H2,1-4H3,(H,35,36)/b34-22-/t27-,28+,32+/m1/s1. The number of methoxy groups -OCH3 is 1. The number of carbonyl (C=O) groups excluding carboxylic acids is 1. The summed E-state index contributed by atoms with van der Waals surface area (Å²) in [6.45, 7) is 6.15. The number of anilines is 1. The number of amides is 1. The molecule has 3 aromatic carbocycles. The average molecular weight is 526 g/mol. The molecule has 6 heteroatoms. The molecule has 1 heterocycles. The quantitative estimate of drug-likeness (QED) is 0.191. The summed E-state index contributed by atoms with van der Waals surface area (Å²) >= 11 is 1.60. The molecule has 0 fully saturated rings. The second-order valence-corrected chi connectivity index (χ2v) is 11.3. The van der Waals surface area contributed by atoms with Crippen LogP contribution in [0.2, 0.25) is 0 Å². The molecule has 38 heavy (non-hydrogen) atoms. The number of aryl methyl sites for hydroxylation is 2. The largest absolute Gasteiger partial charge is 0.497 e. The van der Waals surface area contributed by atoms with Gasteiger partial charge in [-0.1, -0.05) is 59.7 Å². The second kappa shape index (κ2) is 11.5.